The fraction of sp³-hybridized carbons (Fsp3) is 0.582. The van der Waals surface area contributed by atoms with Gasteiger partial charge in [0.1, 0.15) is 77.5 Å². The van der Waals surface area contributed by atoms with Crippen LogP contribution in [-0.2, 0) is 64.0 Å². The van der Waals surface area contributed by atoms with E-state index in [1.54, 1.807) is 74.4 Å². The van der Waals surface area contributed by atoms with Crippen LogP contribution in [0.25, 0.3) is 22.6 Å². The van der Waals surface area contributed by atoms with Crippen LogP contribution < -0.4 is 37.7 Å². The Morgan fingerprint density at radius 2 is 1.11 bits per heavy atom. The number of hydrogen-bond donors (Lipinski definition) is 6. The first-order chi connectivity index (χ1) is 45.6. The van der Waals surface area contributed by atoms with E-state index in [0.717, 1.165) is 9.80 Å². The highest BCUT2D eigenvalue weighted by atomic mass is 16.6. The van der Waals surface area contributed by atoms with Crippen molar-refractivity contribution in [3.05, 3.63) is 62.7 Å². The molecule has 534 valence electrons. The van der Waals surface area contributed by atoms with Crippen LogP contribution in [0.1, 0.15) is 133 Å². The van der Waals surface area contributed by atoms with E-state index in [0.29, 0.717) is 24.2 Å². The number of hydrogen-bond acceptors (Lipinski definition) is 20. The van der Waals surface area contributed by atoms with Crippen LogP contribution in [-0.4, -0.2) is 226 Å². The van der Waals surface area contributed by atoms with Crippen LogP contribution in [0.15, 0.2) is 38.1 Å². The molecule has 0 saturated carbocycles. The summed E-state index contributed by atoms with van der Waals surface area (Å²) in [7, 11) is 5.58. The Labute approximate surface area is 567 Å². The molecular weight excluding hydrogens is 1270 g/mol. The van der Waals surface area contributed by atoms with Crippen LogP contribution in [0, 0.1) is 37.5 Å². The Kier molecular flexibility index (Phi) is 23.8. The molecule has 0 spiro atoms. The molecule has 10 atom stereocenters. The minimum absolute atomic E-state index is 0. The van der Waals surface area contributed by atoms with Crippen LogP contribution in [0.3, 0.4) is 0 Å². The lowest BCUT2D eigenvalue weighted by Gasteiger charge is -2.36. The summed E-state index contributed by atoms with van der Waals surface area (Å²) in [6.07, 6.45) is -0.324. The number of fused-ring (bicyclic) bond motifs is 4. The van der Waals surface area contributed by atoms with Crippen LogP contribution in [0.2, 0.25) is 0 Å². The maximum Gasteiger partial charge on any atom is 0.329 e. The number of nitrogen functional groups attached to an aromatic ring is 1. The van der Waals surface area contributed by atoms with E-state index in [2.05, 4.69) is 26.6 Å². The number of ether oxygens (including phenoxy) is 2. The minimum Gasteiger partial charge on any atom is -0.467 e. The molecule has 4 saturated heterocycles. The van der Waals surface area contributed by atoms with E-state index in [1.165, 1.54) is 80.9 Å². The van der Waals surface area contributed by atoms with Gasteiger partial charge in [0.25, 0.3) is 11.8 Å². The normalized spacial score (nSPS) is 24.9. The summed E-state index contributed by atoms with van der Waals surface area (Å²) in [5.41, 5.74) is 3.50. The van der Waals surface area contributed by atoms with Gasteiger partial charge in [0.2, 0.25) is 52.7 Å². The van der Waals surface area contributed by atoms with Gasteiger partial charge >= 0.3 is 11.9 Å². The quantitative estimate of drug-likeness (QED) is 0.0696. The lowest BCUT2D eigenvalue weighted by Crippen LogP contribution is -2.61. The second kappa shape index (κ2) is 30.8. The van der Waals surface area contributed by atoms with Crippen molar-refractivity contribution in [1.82, 2.24) is 55.7 Å². The average molecular weight is 1370 g/mol. The number of nitrogens with one attached hydrogen (secondary N) is 5. The number of rotatable bonds is 11. The average Bonchev–Trinajstić information content (AvgIpc) is 0.898. The van der Waals surface area contributed by atoms with Crippen LogP contribution in [0.5, 0.6) is 0 Å². The minimum atomic E-state index is -1.91. The molecule has 0 radical (unpaired) electrons. The van der Waals surface area contributed by atoms with E-state index in [9.17, 15) is 43.2 Å². The number of nitrogens with zero attached hydrogens (tertiary/aromatic N) is 7. The van der Waals surface area contributed by atoms with Crippen LogP contribution in [0.4, 0.5) is 11.4 Å². The third-order valence-electron chi connectivity index (χ3n) is 18.7. The number of nitrogens with two attached hydrogens (primary N) is 1. The molecule has 0 bridgehead atoms. The molecule has 31 nitrogen and oxygen atoms in total. The third kappa shape index (κ3) is 15.4. The molecule has 98 heavy (non-hydrogen) atoms. The molecule has 5 aliphatic heterocycles. The first kappa shape index (κ1) is 75.7. The monoisotopic (exact) mass is 1370 g/mol. The Morgan fingerprint density at radius 3 is 1.54 bits per heavy atom. The van der Waals surface area contributed by atoms with E-state index >= 15 is 19.2 Å². The highest BCUT2D eigenvalue weighted by Crippen LogP contribution is 2.38. The van der Waals surface area contributed by atoms with Crippen molar-refractivity contribution in [3.63, 3.8) is 0 Å². The summed E-state index contributed by atoms with van der Waals surface area (Å²) in [6.45, 7) is 18.3. The summed E-state index contributed by atoms with van der Waals surface area (Å²) in [6, 6.07) is -6.23. The molecule has 4 fully saturated rings. The second-order valence-electron chi connectivity index (χ2n) is 27.1. The van der Waals surface area contributed by atoms with Crippen molar-refractivity contribution in [2.45, 2.75) is 176 Å². The van der Waals surface area contributed by atoms with E-state index in [4.69, 9.17) is 29.0 Å². The van der Waals surface area contributed by atoms with E-state index in [1.807, 2.05) is 0 Å². The maximum absolute atomic E-state index is 15.6. The molecule has 31 heteroatoms. The number of aromatic nitrogens is 1. The van der Waals surface area contributed by atoms with Gasteiger partial charge in [-0.05, 0) is 95.2 Å². The molecule has 0 unspecified atom stereocenters. The lowest BCUT2D eigenvalue weighted by atomic mass is 9.98. The maximum atomic E-state index is 15.6. The van der Waals surface area contributed by atoms with E-state index < -0.39 is 191 Å². The summed E-state index contributed by atoms with van der Waals surface area (Å²) < 4.78 is 24.2. The highest BCUT2D eigenvalue weighted by Gasteiger charge is 2.47. The zero-order chi connectivity index (χ0) is 71.7. The standard InChI is InChI=1S/C67H91N13O17.H2O/c1-30(2)47-64(90)79-23-17-21-41(79)62(88)75(13)28-43(81)77(15)53(32(5)6)66(92)95-36(11)49(60(86)71-47)73-58(84)39-26-40(69-27-38-20-19-25-94-38)34(9)56-51(39)70-52-45(46(68)55(83)35(10)57(52)97-56)59(85)74-50-37(12)96-67(93)54(33(7)8)78(16)44(82)29-76(14)63(89)42-22-18-24-80(42)65(91)48(31(3)4)72-61(50)87;/h19-20,25-26,30-33,36-37,41-42,47-50,53-54,69H,17-18,21-24,27-29,68H2,1-16H3,(H,71,86)(H,72,87)(H,73,84)(H,74,85);1H2/t36-,37-,41+,42+,47-,48-,49+,50+,53+,54+;/m1./s1. The Hall–Kier alpha value is -9.68. The lowest BCUT2D eigenvalue weighted by molar-refractivity contribution is -0.163. The fourth-order valence-electron chi connectivity index (χ4n) is 13.1. The number of carbonyl (C=O) groups excluding carboxylic acids is 12. The summed E-state index contributed by atoms with van der Waals surface area (Å²) in [4.78, 5) is 202. The summed E-state index contributed by atoms with van der Waals surface area (Å²) in [5, 5.41) is 14.0. The molecule has 1 aliphatic carbocycles. The van der Waals surface area contributed by atoms with Crippen molar-refractivity contribution in [1.29, 1.82) is 0 Å². The van der Waals surface area contributed by atoms with Gasteiger partial charge in [0, 0.05) is 58.1 Å². The van der Waals surface area contributed by atoms with Gasteiger partial charge in [0.05, 0.1) is 42.7 Å². The number of aryl methyl sites for hydroxylation is 1. The molecular formula is C67H93N13O18. The Bertz CT molecular complexity index is 3790. The predicted octanol–water partition coefficient (Wildman–Crippen LogP) is 1.11. The fourth-order valence-corrected chi connectivity index (χ4v) is 13.1. The molecule has 1 aromatic heterocycles. The number of esters is 2. The third-order valence-corrected chi connectivity index (χ3v) is 18.7. The molecule has 1 aromatic carbocycles. The largest absolute Gasteiger partial charge is 0.467 e. The van der Waals surface area contributed by atoms with Gasteiger partial charge in [-0.2, -0.15) is 0 Å². The zero-order valence-electron chi connectivity index (χ0n) is 58.4. The van der Waals surface area contributed by atoms with Crippen molar-refractivity contribution in [3.8, 4) is 11.5 Å². The molecule has 6 heterocycles. The zero-order valence-corrected chi connectivity index (χ0v) is 58.4. The number of likely N-dealkylation sites (N-methyl/N-ethyl adjacent to an activating group) is 4. The number of anilines is 2. The number of furan rings is 1. The predicted molar refractivity (Wildman–Crippen MR) is 355 cm³/mol. The van der Waals surface area contributed by atoms with Gasteiger partial charge in [0.15, 0.2) is 11.3 Å². The van der Waals surface area contributed by atoms with Crippen molar-refractivity contribution >= 4 is 93.5 Å². The molecule has 2 aromatic rings. The summed E-state index contributed by atoms with van der Waals surface area (Å²) >= 11 is 0. The SMILES string of the molecule is Cc1c2oc3c(C)c(NCc4ccco4)cc(C(=O)N[C@@H]4C(=O)N[C@H](C(C)C)C(=O)N5CCC[C@H]5C(=O)N(C)CC(=O)N(C)[C@@H](C(C)C)C(=O)O[C@@H]4C)c3nc-2c(C(=O)N[C@@H]2C(=O)N[C@H](C(C)C)C(=O)N3CCC[C@H]3C(=O)N(C)CC(=O)N(C)[C@@H](C(C)C)C(=O)O[C@@H]2C)c(N)c1=O.O. The molecule has 9 N–H and O–H groups in total. The highest BCUT2D eigenvalue weighted by molar-refractivity contribution is 6.11. The number of benzene rings is 2. The first-order valence-electron chi connectivity index (χ1n) is 32.8. The van der Waals surface area contributed by atoms with Crippen molar-refractivity contribution < 1.29 is 81.3 Å². The van der Waals surface area contributed by atoms with Gasteiger partial charge in [-0.3, -0.25) is 52.7 Å². The number of carbonyl (C=O) groups is 12. The van der Waals surface area contributed by atoms with Crippen LogP contribution >= 0.6 is 0 Å². The van der Waals surface area contributed by atoms with Crippen molar-refractivity contribution in [2.75, 3.05) is 65.4 Å². The molecule has 10 amide bonds. The first-order valence-corrected chi connectivity index (χ1v) is 32.8. The van der Waals surface area contributed by atoms with Gasteiger partial charge in [-0.1, -0.05) is 55.4 Å². The second-order valence-corrected chi connectivity index (χ2v) is 27.1. The van der Waals surface area contributed by atoms with E-state index in [-0.39, 0.29) is 71.6 Å². The summed E-state index contributed by atoms with van der Waals surface area (Å²) in [5.74, 6) is -12.2. The van der Waals surface area contributed by atoms with Crippen molar-refractivity contribution in [2.24, 2.45) is 23.7 Å². The van der Waals surface area contributed by atoms with Gasteiger partial charge in [-0.25, -0.2) is 14.6 Å². The number of cyclic esters (lactones) is 2. The van der Waals surface area contributed by atoms with Gasteiger partial charge < -0.3 is 85.5 Å². The van der Waals surface area contributed by atoms with Gasteiger partial charge in [-0.15, -0.1) is 0 Å². The number of amides is 10. The Balaban J connectivity index is 0.0000135. The molecule has 8 rings (SSSR count). The Morgan fingerprint density at radius 1 is 0.653 bits per heavy atom. The molecule has 6 aliphatic rings. The topological polar surface area (TPSA) is 417 Å². The smallest absolute Gasteiger partial charge is 0.329 e.